The minimum absolute atomic E-state index is 0.100. The van der Waals surface area contributed by atoms with Crippen LogP contribution in [-0.4, -0.2) is 21.1 Å². The van der Waals surface area contributed by atoms with Crippen molar-refractivity contribution in [1.29, 1.82) is 0 Å². The van der Waals surface area contributed by atoms with Crippen molar-refractivity contribution in [1.82, 2.24) is 15.2 Å². The third-order valence-electron chi connectivity index (χ3n) is 3.09. The maximum atomic E-state index is 12.1. The summed E-state index contributed by atoms with van der Waals surface area (Å²) in [7, 11) is 0. The molecule has 0 saturated heterocycles. The Hall–Kier alpha value is -2.66. The number of nitrogens with one attached hydrogen (secondary N) is 2. The Morgan fingerprint density at radius 1 is 1.18 bits per heavy atom. The number of halogens is 1. The molecule has 0 saturated carbocycles. The van der Waals surface area contributed by atoms with Gasteiger partial charge in [-0.15, -0.1) is 0 Å². The highest BCUT2D eigenvalue weighted by Gasteiger charge is 2.06. The number of H-pyrrole nitrogens is 1. The molecule has 5 nitrogen and oxygen atoms in total. The molecule has 0 aliphatic carbocycles. The Balaban J connectivity index is 1.70. The molecular weight excluding hydrogens is 300 g/mol. The maximum Gasteiger partial charge on any atom is 0.228 e. The van der Waals surface area contributed by atoms with Crippen LogP contribution in [0.25, 0.3) is 11.4 Å². The van der Waals surface area contributed by atoms with Crippen LogP contribution in [0.15, 0.2) is 54.9 Å². The van der Waals surface area contributed by atoms with Crippen molar-refractivity contribution in [2.24, 2.45) is 0 Å². The molecule has 110 valence electrons. The van der Waals surface area contributed by atoms with Crippen LogP contribution in [0.2, 0.25) is 5.02 Å². The maximum absolute atomic E-state index is 12.1. The van der Waals surface area contributed by atoms with Gasteiger partial charge in [-0.2, -0.15) is 5.10 Å². The quantitative estimate of drug-likeness (QED) is 0.776. The van der Waals surface area contributed by atoms with Crippen LogP contribution in [-0.2, 0) is 11.2 Å². The van der Waals surface area contributed by atoms with Gasteiger partial charge < -0.3 is 5.32 Å². The first-order valence-electron chi connectivity index (χ1n) is 6.71. The molecule has 22 heavy (non-hydrogen) atoms. The summed E-state index contributed by atoms with van der Waals surface area (Å²) in [5.74, 6) is 0.558. The number of carbonyl (C=O) groups is 1. The molecule has 1 amide bonds. The third-order valence-corrected chi connectivity index (χ3v) is 3.32. The highest BCUT2D eigenvalue weighted by molar-refractivity contribution is 6.30. The summed E-state index contributed by atoms with van der Waals surface area (Å²) in [6, 6.07) is 14.7. The van der Waals surface area contributed by atoms with Crippen molar-refractivity contribution in [3.63, 3.8) is 0 Å². The summed E-state index contributed by atoms with van der Waals surface area (Å²) in [4.78, 5) is 16.2. The lowest BCUT2D eigenvalue weighted by atomic mass is 10.1. The number of aromatic nitrogens is 3. The molecular formula is C16H13ClN4O. The van der Waals surface area contributed by atoms with Crippen LogP contribution in [0.5, 0.6) is 0 Å². The van der Waals surface area contributed by atoms with E-state index in [2.05, 4.69) is 20.5 Å². The van der Waals surface area contributed by atoms with E-state index in [1.165, 1.54) is 6.33 Å². The van der Waals surface area contributed by atoms with E-state index < -0.39 is 0 Å². The number of anilines is 1. The molecule has 0 aliphatic heterocycles. The summed E-state index contributed by atoms with van der Waals surface area (Å²) >= 11 is 5.92. The Kier molecular flexibility index (Phi) is 4.16. The molecule has 3 rings (SSSR count). The second kappa shape index (κ2) is 6.41. The van der Waals surface area contributed by atoms with Gasteiger partial charge in [-0.25, -0.2) is 4.98 Å². The standard InChI is InChI=1S/C16H13ClN4O/c17-13-5-1-3-11(7-13)8-15(22)20-14-6-2-4-12(9-14)16-18-10-19-21-16/h1-7,9-10H,8H2,(H,20,22)(H,18,19,21). The minimum Gasteiger partial charge on any atom is -0.326 e. The average Bonchev–Trinajstić information content (AvgIpc) is 3.01. The summed E-state index contributed by atoms with van der Waals surface area (Å²) in [6.45, 7) is 0. The molecule has 2 aromatic carbocycles. The van der Waals surface area contributed by atoms with Crippen molar-refractivity contribution in [2.75, 3.05) is 5.32 Å². The van der Waals surface area contributed by atoms with Gasteiger partial charge in [-0.3, -0.25) is 9.89 Å². The van der Waals surface area contributed by atoms with Crippen molar-refractivity contribution in [3.05, 3.63) is 65.4 Å². The molecule has 3 aromatic rings. The number of carbonyl (C=O) groups excluding carboxylic acids is 1. The van der Waals surface area contributed by atoms with E-state index >= 15 is 0 Å². The lowest BCUT2D eigenvalue weighted by Crippen LogP contribution is -2.14. The molecule has 0 fully saturated rings. The van der Waals surface area contributed by atoms with Gasteiger partial charge in [0.15, 0.2) is 5.82 Å². The van der Waals surface area contributed by atoms with Crippen molar-refractivity contribution in [2.45, 2.75) is 6.42 Å². The first-order chi connectivity index (χ1) is 10.7. The Bertz CT molecular complexity index is 786. The van der Waals surface area contributed by atoms with E-state index in [1.807, 2.05) is 36.4 Å². The normalized spacial score (nSPS) is 10.4. The van der Waals surface area contributed by atoms with Crippen LogP contribution in [0, 0.1) is 0 Å². The number of benzene rings is 2. The van der Waals surface area contributed by atoms with Gasteiger partial charge in [0, 0.05) is 16.3 Å². The van der Waals surface area contributed by atoms with E-state index in [1.54, 1.807) is 12.1 Å². The second-order valence-corrected chi connectivity index (χ2v) is 5.21. The molecule has 0 radical (unpaired) electrons. The summed E-state index contributed by atoms with van der Waals surface area (Å²) < 4.78 is 0. The SMILES string of the molecule is O=C(Cc1cccc(Cl)c1)Nc1cccc(-c2ncn[nH]2)c1. The molecule has 0 unspecified atom stereocenters. The smallest absolute Gasteiger partial charge is 0.228 e. The Morgan fingerprint density at radius 3 is 2.82 bits per heavy atom. The van der Waals surface area contributed by atoms with Crippen molar-refractivity contribution >= 4 is 23.2 Å². The van der Waals surface area contributed by atoms with Crippen LogP contribution >= 0.6 is 11.6 Å². The molecule has 0 spiro atoms. The average molecular weight is 313 g/mol. The molecule has 2 N–H and O–H groups in total. The summed E-state index contributed by atoms with van der Waals surface area (Å²) in [5.41, 5.74) is 2.44. The summed E-state index contributed by atoms with van der Waals surface area (Å²) in [6.07, 6.45) is 1.72. The lowest BCUT2D eigenvalue weighted by molar-refractivity contribution is -0.115. The summed E-state index contributed by atoms with van der Waals surface area (Å²) in [5, 5.41) is 10.1. The van der Waals surface area contributed by atoms with Crippen LogP contribution < -0.4 is 5.32 Å². The molecule has 0 aliphatic rings. The topological polar surface area (TPSA) is 70.7 Å². The van der Waals surface area contributed by atoms with E-state index in [9.17, 15) is 4.79 Å². The fraction of sp³-hybridized carbons (Fsp3) is 0.0625. The van der Waals surface area contributed by atoms with Crippen LogP contribution in [0.3, 0.4) is 0 Å². The molecule has 6 heteroatoms. The van der Waals surface area contributed by atoms with Gasteiger partial charge in [0.25, 0.3) is 0 Å². The Labute approximate surface area is 132 Å². The molecule has 1 aromatic heterocycles. The highest BCUT2D eigenvalue weighted by atomic mass is 35.5. The lowest BCUT2D eigenvalue weighted by Gasteiger charge is -2.07. The zero-order valence-corrected chi connectivity index (χ0v) is 12.3. The van der Waals surface area contributed by atoms with Gasteiger partial charge in [-0.1, -0.05) is 35.9 Å². The number of rotatable bonds is 4. The van der Waals surface area contributed by atoms with Gasteiger partial charge in [-0.05, 0) is 29.8 Å². The van der Waals surface area contributed by atoms with Crippen molar-refractivity contribution in [3.8, 4) is 11.4 Å². The second-order valence-electron chi connectivity index (χ2n) is 4.77. The zero-order chi connectivity index (χ0) is 15.4. The van der Waals surface area contributed by atoms with Gasteiger partial charge in [0.1, 0.15) is 6.33 Å². The van der Waals surface area contributed by atoms with Crippen LogP contribution in [0.4, 0.5) is 5.69 Å². The number of nitrogens with zero attached hydrogens (tertiary/aromatic N) is 2. The molecule has 1 heterocycles. The van der Waals surface area contributed by atoms with Crippen molar-refractivity contribution < 1.29 is 4.79 Å². The predicted octanol–water partition coefficient (Wildman–Crippen LogP) is 3.31. The number of hydrogen-bond donors (Lipinski definition) is 2. The van der Waals surface area contributed by atoms with E-state index in [-0.39, 0.29) is 12.3 Å². The first kappa shape index (κ1) is 14.3. The first-order valence-corrected chi connectivity index (χ1v) is 7.08. The molecule has 0 bridgehead atoms. The van der Waals surface area contributed by atoms with Gasteiger partial charge in [0.2, 0.25) is 5.91 Å². The highest BCUT2D eigenvalue weighted by Crippen LogP contribution is 2.19. The predicted molar refractivity (Wildman–Crippen MR) is 85.6 cm³/mol. The molecule has 0 atom stereocenters. The third kappa shape index (κ3) is 3.51. The zero-order valence-electron chi connectivity index (χ0n) is 11.6. The fourth-order valence-electron chi connectivity index (χ4n) is 2.13. The van der Waals surface area contributed by atoms with E-state index in [4.69, 9.17) is 11.6 Å². The van der Waals surface area contributed by atoms with Gasteiger partial charge in [0.05, 0.1) is 6.42 Å². The number of aromatic amines is 1. The largest absolute Gasteiger partial charge is 0.326 e. The van der Waals surface area contributed by atoms with E-state index in [0.717, 1.165) is 11.1 Å². The minimum atomic E-state index is -0.100. The van der Waals surface area contributed by atoms with E-state index in [0.29, 0.717) is 16.5 Å². The number of amides is 1. The Morgan fingerprint density at radius 2 is 2.05 bits per heavy atom. The monoisotopic (exact) mass is 312 g/mol. The number of hydrogen-bond acceptors (Lipinski definition) is 3. The van der Waals surface area contributed by atoms with Gasteiger partial charge >= 0.3 is 0 Å². The van der Waals surface area contributed by atoms with Crippen LogP contribution in [0.1, 0.15) is 5.56 Å². The fourth-order valence-corrected chi connectivity index (χ4v) is 2.34.